The molecule has 0 aliphatic rings. The van der Waals surface area contributed by atoms with Gasteiger partial charge in [-0.25, -0.2) is 4.98 Å². The van der Waals surface area contributed by atoms with E-state index in [1.165, 1.54) is 0 Å². The van der Waals surface area contributed by atoms with Crippen LogP contribution in [0.1, 0.15) is 21.6 Å². The summed E-state index contributed by atoms with van der Waals surface area (Å²) in [6, 6.07) is 20.4. The lowest BCUT2D eigenvalue weighted by molar-refractivity contribution is 0.102. The van der Waals surface area contributed by atoms with Crippen molar-refractivity contribution in [3.05, 3.63) is 77.5 Å². The Morgan fingerprint density at radius 2 is 1.82 bits per heavy atom. The zero-order valence-electron chi connectivity index (χ0n) is 15.5. The van der Waals surface area contributed by atoms with Crippen LogP contribution in [0, 0.1) is 18.3 Å². The van der Waals surface area contributed by atoms with Crippen molar-refractivity contribution in [2.75, 3.05) is 5.32 Å². The summed E-state index contributed by atoms with van der Waals surface area (Å²) in [7, 11) is 1.82. The maximum atomic E-state index is 13.1. The third kappa shape index (κ3) is 3.10. The van der Waals surface area contributed by atoms with Crippen molar-refractivity contribution in [2.45, 2.75) is 6.92 Å². The Morgan fingerprint density at radius 3 is 2.50 bits per heavy atom. The van der Waals surface area contributed by atoms with Crippen LogP contribution in [0.5, 0.6) is 0 Å². The molecule has 1 amide bonds. The van der Waals surface area contributed by atoms with E-state index in [9.17, 15) is 4.79 Å². The van der Waals surface area contributed by atoms with Crippen LogP contribution in [-0.2, 0) is 7.05 Å². The number of aryl methyl sites for hydroxylation is 2. The summed E-state index contributed by atoms with van der Waals surface area (Å²) >= 11 is 0. The van der Waals surface area contributed by atoms with Crippen LogP contribution in [0.2, 0.25) is 0 Å². The number of nitrogens with one attached hydrogen (secondary N) is 1. The summed E-state index contributed by atoms with van der Waals surface area (Å²) in [5, 5.41) is 17.0. The molecule has 1 N–H and O–H groups in total. The van der Waals surface area contributed by atoms with Gasteiger partial charge in [0, 0.05) is 18.3 Å². The number of hydrogen-bond acceptors (Lipinski definition) is 4. The summed E-state index contributed by atoms with van der Waals surface area (Å²) in [6.07, 6.45) is 0. The fourth-order valence-corrected chi connectivity index (χ4v) is 3.21. The van der Waals surface area contributed by atoms with E-state index in [1.54, 1.807) is 35.0 Å². The maximum Gasteiger partial charge on any atom is 0.256 e. The van der Waals surface area contributed by atoms with Crippen molar-refractivity contribution in [1.29, 1.82) is 5.26 Å². The lowest BCUT2D eigenvalue weighted by Crippen LogP contribution is -2.13. The van der Waals surface area contributed by atoms with Crippen LogP contribution in [0.3, 0.4) is 0 Å². The van der Waals surface area contributed by atoms with E-state index in [-0.39, 0.29) is 5.91 Å². The molecule has 4 aromatic rings. The molecule has 0 saturated heterocycles. The molecule has 0 aliphatic carbocycles. The van der Waals surface area contributed by atoms with Crippen molar-refractivity contribution in [1.82, 2.24) is 14.8 Å². The normalized spacial score (nSPS) is 10.6. The largest absolute Gasteiger partial charge is 0.322 e. The van der Waals surface area contributed by atoms with Gasteiger partial charge in [0.05, 0.1) is 34.0 Å². The van der Waals surface area contributed by atoms with Crippen LogP contribution in [0.4, 0.5) is 5.69 Å². The molecule has 28 heavy (non-hydrogen) atoms. The first-order chi connectivity index (χ1) is 13.6. The zero-order chi connectivity index (χ0) is 19.7. The standard InChI is InChI=1S/C22H17N5O/c1-14-20-18(22(28)24-17-10-8-15(13-23)9-11-17)12-19(16-6-4-3-5-7-16)25-21(20)27(2)26-14/h3-12H,1-2H3,(H,24,28). The average Bonchev–Trinajstić information content (AvgIpc) is 3.02. The molecule has 0 atom stereocenters. The van der Waals surface area contributed by atoms with Crippen LogP contribution >= 0.6 is 0 Å². The van der Waals surface area contributed by atoms with Crippen LogP contribution < -0.4 is 5.32 Å². The molecule has 136 valence electrons. The van der Waals surface area contributed by atoms with Gasteiger partial charge in [0.15, 0.2) is 5.65 Å². The van der Waals surface area contributed by atoms with Crippen molar-refractivity contribution in [3.63, 3.8) is 0 Å². The topological polar surface area (TPSA) is 83.6 Å². The quantitative estimate of drug-likeness (QED) is 0.592. The summed E-state index contributed by atoms with van der Waals surface area (Å²) in [5.74, 6) is -0.245. The van der Waals surface area contributed by atoms with E-state index < -0.39 is 0 Å². The molecule has 2 heterocycles. The second kappa shape index (κ2) is 6.97. The monoisotopic (exact) mass is 367 g/mol. The summed E-state index contributed by atoms with van der Waals surface area (Å²) in [5.41, 5.74) is 4.71. The first-order valence-corrected chi connectivity index (χ1v) is 8.78. The van der Waals surface area contributed by atoms with Crippen LogP contribution in [-0.4, -0.2) is 20.7 Å². The Hall–Kier alpha value is -3.98. The van der Waals surface area contributed by atoms with Crippen molar-refractivity contribution in [2.24, 2.45) is 7.05 Å². The van der Waals surface area contributed by atoms with Crippen molar-refractivity contribution in [3.8, 4) is 17.3 Å². The number of carbonyl (C=O) groups excluding carboxylic acids is 1. The molecule has 0 spiro atoms. The first kappa shape index (κ1) is 17.4. The zero-order valence-corrected chi connectivity index (χ0v) is 15.5. The Labute approximate surface area is 162 Å². The number of benzene rings is 2. The highest BCUT2D eigenvalue weighted by molar-refractivity contribution is 6.13. The lowest BCUT2D eigenvalue weighted by Gasteiger charge is -2.09. The van der Waals surface area contributed by atoms with E-state index in [0.29, 0.717) is 28.2 Å². The van der Waals surface area contributed by atoms with E-state index in [0.717, 1.165) is 16.6 Å². The van der Waals surface area contributed by atoms with Gasteiger partial charge >= 0.3 is 0 Å². The van der Waals surface area contributed by atoms with Gasteiger partial charge in [-0.3, -0.25) is 9.48 Å². The molecule has 2 aromatic heterocycles. The molecule has 6 heteroatoms. The number of aromatic nitrogens is 3. The summed E-state index contributed by atoms with van der Waals surface area (Å²) < 4.78 is 1.69. The molecule has 6 nitrogen and oxygen atoms in total. The van der Waals surface area contributed by atoms with Crippen LogP contribution in [0.25, 0.3) is 22.3 Å². The Morgan fingerprint density at radius 1 is 1.11 bits per heavy atom. The number of nitriles is 1. The number of amides is 1. The number of rotatable bonds is 3. The molecule has 0 aliphatic heterocycles. The maximum absolute atomic E-state index is 13.1. The minimum atomic E-state index is -0.245. The molecule has 0 bridgehead atoms. The van der Waals surface area contributed by atoms with Gasteiger partial charge < -0.3 is 5.32 Å². The highest BCUT2D eigenvalue weighted by Gasteiger charge is 2.19. The molecule has 0 unspecified atom stereocenters. The Bertz CT molecular complexity index is 1220. The molecular weight excluding hydrogens is 350 g/mol. The highest BCUT2D eigenvalue weighted by Crippen LogP contribution is 2.27. The predicted molar refractivity (Wildman–Crippen MR) is 108 cm³/mol. The van der Waals surface area contributed by atoms with E-state index in [1.807, 2.05) is 44.3 Å². The number of fused-ring (bicyclic) bond motifs is 1. The first-order valence-electron chi connectivity index (χ1n) is 8.78. The second-order valence-electron chi connectivity index (χ2n) is 6.47. The molecule has 0 fully saturated rings. The third-order valence-corrected chi connectivity index (χ3v) is 4.55. The molecule has 0 saturated carbocycles. The van der Waals surface area contributed by atoms with Gasteiger partial charge in [0.25, 0.3) is 5.91 Å². The van der Waals surface area contributed by atoms with E-state index in [4.69, 9.17) is 10.2 Å². The fourth-order valence-electron chi connectivity index (χ4n) is 3.21. The molecule has 2 aromatic carbocycles. The van der Waals surface area contributed by atoms with Gasteiger partial charge in [-0.2, -0.15) is 10.4 Å². The van der Waals surface area contributed by atoms with Gasteiger partial charge in [0.2, 0.25) is 0 Å². The van der Waals surface area contributed by atoms with Crippen LogP contribution in [0.15, 0.2) is 60.7 Å². The predicted octanol–water partition coefficient (Wildman–Crippen LogP) is 4.07. The van der Waals surface area contributed by atoms with Crippen molar-refractivity contribution >= 4 is 22.6 Å². The van der Waals surface area contributed by atoms with Gasteiger partial charge in [0.1, 0.15) is 0 Å². The minimum absolute atomic E-state index is 0.245. The Kier molecular flexibility index (Phi) is 4.34. The van der Waals surface area contributed by atoms with Crippen molar-refractivity contribution < 1.29 is 4.79 Å². The fraction of sp³-hybridized carbons (Fsp3) is 0.0909. The highest BCUT2D eigenvalue weighted by atomic mass is 16.1. The molecule has 0 radical (unpaired) electrons. The van der Waals surface area contributed by atoms with Gasteiger partial charge in [-0.1, -0.05) is 30.3 Å². The molecular formula is C22H17N5O. The van der Waals surface area contributed by atoms with Gasteiger partial charge in [-0.15, -0.1) is 0 Å². The second-order valence-corrected chi connectivity index (χ2v) is 6.47. The third-order valence-electron chi connectivity index (χ3n) is 4.55. The number of carbonyl (C=O) groups is 1. The van der Waals surface area contributed by atoms with Gasteiger partial charge in [-0.05, 0) is 37.3 Å². The summed E-state index contributed by atoms with van der Waals surface area (Å²) in [4.78, 5) is 17.8. The number of nitrogens with zero attached hydrogens (tertiary/aromatic N) is 4. The SMILES string of the molecule is Cc1nn(C)c2nc(-c3ccccc3)cc(C(=O)Nc3ccc(C#N)cc3)c12. The summed E-state index contributed by atoms with van der Waals surface area (Å²) in [6.45, 7) is 1.87. The number of anilines is 1. The Balaban J connectivity index is 1.82. The molecule has 4 rings (SSSR count). The number of hydrogen-bond donors (Lipinski definition) is 1. The minimum Gasteiger partial charge on any atom is -0.322 e. The average molecular weight is 367 g/mol. The van der Waals surface area contributed by atoms with E-state index in [2.05, 4.69) is 16.5 Å². The number of pyridine rings is 1. The smallest absolute Gasteiger partial charge is 0.256 e. The van der Waals surface area contributed by atoms with E-state index >= 15 is 0 Å². The lowest BCUT2D eigenvalue weighted by atomic mass is 10.0.